The first-order valence-electron chi connectivity index (χ1n) is 7.67. The maximum atomic E-state index is 12.9. The van der Waals surface area contributed by atoms with Crippen LogP contribution in [0.2, 0.25) is 0 Å². The van der Waals surface area contributed by atoms with Crippen molar-refractivity contribution in [2.24, 2.45) is 5.92 Å². The van der Waals surface area contributed by atoms with Crippen molar-refractivity contribution in [3.63, 3.8) is 0 Å². The molecule has 0 aliphatic heterocycles. The molecule has 1 aliphatic carbocycles. The van der Waals surface area contributed by atoms with Crippen molar-refractivity contribution in [2.75, 3.05) is 0 Å². The Kier molecular flexibility index (Phi) is 4.97. The molecule has 0 amide bonds. The van der Waals surface area contributed by atoms with Gasteiger partial charge in [0.2, 0.25) is 0 Å². The zero-order valence-corrected chi connectivity index (χ0v) is 12.9. The lowest BCUT2D eigenvalue weighted by Crippen LogP contribution is -2.39. The predicted octanol–water partition coefficient (Wildman–Crippen LogP) is 5.08. The summed E-state index contributed by atoms with van der Waals surface area (Å²) in [7, 11) is 0. The molecule has 3 unspecified atom stereocenters. The first-order chi connectivity index (χ1) is 9.77. The van der Waals surface area contributed by atoms with Crippen molar-refractivity contribution >= 4 is 0 Å². The third-order valence-corrected chi connectivity index (χ3v) is 4.51. The van der Waals surface area contributed by atoms with Gasteiger partial charge in [0.1, 0.15) is 0 Å². The highest BCUT2D eigenvalue weighted by atomic mass is 19.4. The van der Waals surface area contributed by atoms with Gasteiger partial charge in [-0.2, -0.15) is 13.2 Å². The van der Waals surface area contributed by atoms with Gasteiger partial charge in [-0.15, -0.1) is 0 Å². The lowest BCUT2D eigenvalue weighted by molar-refractivity contribution is -0.183. The fourth-order valence-electron chi connectivity index (χ4n) is 3.39. The van der Waals surface area contributed by atoms with E-state index in [-0.39, 0.29) is 24.9 Å². The summed E-state index contributed by atoms with van der Waals surface area (Å²) in [6, 6.07) is 6.29. The number of hydrogen-bond donors (Lipinski definition) is 1. The molecule has 1 saturated carbocycles. The number of aryl methyl sites for hydroxylation is 2. The summed E-state index contributed by atoms with van der Waals surface area (Å²) in [5, 5.41) is 3.40. The van der Waals surface area contributed by atoms with Crippen LogP contribution < -0.4 is 5.32 Å². The minimum atomic E-state index is -4.05. The average Bonchev–Trinajstić information content (AvgIpc) is 2.37. The van der Waals surface area contributed by atoms with E-state index in [1.807, 2.05) is 13.8 Å². The van der Waals surface area contributed by atoms with Crippen molar-refractivity contribution in [1.82, 2.24) is 5.32 Å². The van der Waals surface area contributed by atoms with Crippen molar-refractivity contribution in [1.29, 1.82) is 0 Å². The van der Waals surface area contributed by atoms with E-state index in [2.05, 4.69) is 30.4 Å². The fraction of sp³-hybridized carbons (Fsp3) is 0.647. The molecule has 0 saturated heterocycles. The molecule has 0 spiro atoms. The van der Waals surface area contributed by atoms with Gasteiger partial charge >= 0.3 is 6.18 Å². The van der Waals surface area contributed by atoms with Gasteiger partial charge < -0.3 is 5.32 Å². The maximum absolute atomic E-state index is 12.9. The number of rotatable bonds is 3. The highest BCUT2D eigenvalue weighted by molar-refractivity contribution is 5.32. The molecule has 0 radical (unpaired) electrons. The SMILES string of the molecule is Cc1ccc(C(C)NC2CCCC(C(F)(F)F)C2)c(C)c1. The van der Waals surface area contributed by atoms with E-state index in [0.29, 0.717) is 6.42 Å². The summed E-state index contributed by atoms with van der Waals surface area (Å²) >= 11 is 0. The molecule has 3 atom stereocenters. The van der Waals surface area contributed by atoms with Crippen LogP contribution in [-0.4, -0.2) is 12.2 Å². The van der Waals surface area contributed by atoms with E-state index in [4.69, 9.17) is 0 Å². The number of hydrogen-bond acceptors (Lipinski definition) is 1. The smallest absolute Gasteiger partial charge is 0.307 e. The molecule has 1 N–H and O–H groups in total. The third kappa shape index (κ3) is 4.22. The van der Waals surface area contributed by atoms with Crippen LogP contribution >= 0.6 is 0 Å². The molecule has 118 valence electrons. The molecule has 2 rings (SSSR count). The summed E-state index contributed by atoms with van der Waals surface area (Å²) in [5.74, 6) is -1.14. The molecular weight excluding hydrogens is 275 g/mol. The van der Waals surface area contributed by atoms with E-state index >= 15 is 0 Å². The monoisotopic (exact) mass is 299 g/mol. The van der Waals surface area contributed by atoms with Gasteiger partial charge in [0.25, 0.3) is 0 Å². The van der Waals surface area contributed by atoms with Gasteiger partial charge in [-0.3, -0.25) is 0 Å². The molecule has 0 heterocycles. The van der Waals surface area contributed by atoms with Crippen LogP contribution in [0.3, 0.4) is 0 Å². The van der Waals surface area contributed by atoms with Crippen LogP contribution in [0, 0.1) is 19.8 Å². The number of halogens is 3. The summed E-state index contributed by atoms with van der Waals surface area (Å²) in [6.07, 6.45) is -2.08. The molecule has 1 aliphatic rings. The Bertz CT molecular complexity index is 481. The number of nitrogens with one attached hydrogen (secondary N) is 1. The van der Waals surface area contributed by atoms with E-state index in [1.165, 1.54) is 16.7 Å². The van der Waals surface area contributed by atoms with Crippen LogP contribution in [0.15, 0.2) is 18.2 Å². The van der Waals surface area contributed by atoms with Crippen molar-refractivity contribution in [3.8, 4) is 0 Å². The first-order valence-corrected chi connectivity index (χ1v) is 7.67. The lowest BCUT2D eigenvalue weighted by atomic mass is 9.84. The van der Waals surface area contributed by atoms with E-state index in [1.54, 1.807) is 0 Å². The zero-order valence-electron chi connectivity index (χ0n) is 12.9. The zero-order chi connectivity index (χ0) is 15.6. The van der Waals surface area contributed by atoms with Crippen molar-refractivity contribution in [2.45, 2.75) is 64.7 Å². The highest BCUT2D eigenvalue weighted by Crippen LogP contribution is 2.38. The minimum absolute atomic E-state index is 0.0407. The molecule has 0 bridgehead atoms. The van der Waals surface area contributed by atoms with Crippen LogP contribution in [0.25, 0.3) is 0 Å². The second-order valence-electron chi connectivity index (χ2n) is 6.35. The first kappa shape index (κ1) is 16.3. The lowest BCUT2D eigenvalue weighted by Gasteiger charge is -2.33. The van der Waals surface area contributed by atoms with E-state index in [0.717, 1.165) is 6.42 Å². The second-order valence-corrected chi connectivity index (χ2v) is 6.35. The molecule has 1 aromatic rings. The quantitative estimate of drug-likeness (QED) is 0.821. The standard InChI is InChI=1S/C17H24F3N/c1-11-7-8-16(12(2)9-11)13(3)21-15-6-4-5-14(10-15)17(18,19)20/h7-9,13-15,21H,4-6,10H2,1-3H3. The Morgan fingerprint density at radius 2 is 1.90 bits per heavy atom. The molecule has 21 heavy (non-hydrogen) atoms. The fourth-order valence-corrected chi connectivity index (χ4v) is 3.39. The van der Waals surface area contributed by atoms with Gasteiger partial charge in [0.15, 0.2) is 0 Å². The molecule has 1 aromatic carbocycles. The van der Waals surface area contributed by atoms with Crippen LogP contribution in [-0.2, 0) is 0 Å². The highest BCUT2D eigenvalue weighted by Gasteiger charge is 2.42. The third-order valence-electron chi connectivity index (χ3n) is 4.51. The van der Waals surface area contributed by atoms with Gasteiger partial charge in [-0.1, -0.05) is 30.2 Å². The number of benzene rings is 1. The molecular formula is C17H24F3N. The maximum Gasteiger partial charge on any atom is 0.391 e. The molecule has 1 fully saturated rings. The largest absolute Gasteiger partial charge is 0.391 e. The van der Waals surface area contributed by atoms with Crippen LogP contribution in [0.1, 0.15) is 55.3 Å². The van der Waals surface area contributed by atoms with E-state index in [9.17, 15) is 13.2 Å². The van der Waals surface area contributed by atoms with Crippen molar-refractivity contribution < 1.29 is 13.2 Å². The predicted molar refractivity (Wildman–Crippen MR) is 79.3 cm³/mol. The summed E-state index contributed by atoms with van der Waals surface area (Å²) < 4.78 is 38.6. The molecule has 1 nitrogen and oxygen atoms in total. The average molecular weight is 299 g/mol. The topological polar surface area (TPSA) is 12.0 Å². The van der Waals surface area contributed by atoms with Crippen molar-refractivity contribution in [3.05, 3.63) is 34.9 Å². The summed E-state index contributed by atoms with van der Waals surface area (Å²) in [5.41, 5.74) is 3.58. The molecule has 0 aromatic heterocycles. The Morgan fingerprint density at radius 3 is 2.52 bits per heavy atom. The van der Waals surface area contributed by atoms with Crippen LogP contribution in [0.4, 0.5) is 13.2 Å². The van der Waals surface area contributed by atoms with Crippen LogP contribution in [0.5, 0.6) is 0 Å². The van der Waals surface area contributed by atoms with Gasteiger partial charge in [0, 0.05) is 12.1 Å². The molecule has 4 heteroatoms. The summed E-state index contributed by atoms with van der Waals surface area (Å²) in [4.78, 5) is 0. The van der Waals surface area contributed by atoms with Gasteiger partial charge in [0.05, 0.1) is 5.92 Å². The van der Waals surface area contributed by atoms with Gasteiger partial charge in [-0.05, 0) is 51.2 Å². The normalized spacial score (nSPS) is 24.9. The Hall–Kier alpha value is -1.03. The Labute approximate surface area is 124 Å². The minimum Gasteiger partial charge on any atom is -0.307 e. The van der Waals surface area contributed by atoms with Gasteiger partial charge in [-0.25, -0.2) is 0 Å². The number of alkyl halides is 3. The Morgan fingerprint density at radius 1 is 1.19 bits per heavy atom. The summed E-state index contributed by atoms with van der Waals surface area (Å²) in [6.45, 7) is 6.14. The second kappa shape index (κ2) is 6.39. The van der Waals surface area contributed by atoms with E-state index < -0.39 is 12.1 Å². The Balaban J connectivity index is 2.00.